The van der Waals surface area contributed by atoms with Gasteiger partial charge in [0.05, 0.1) is 5.56 Å². The van der Waals surface area contributed by atoms with Crippen molar-refractivity contribution < 1.29 is 13.2 Å². The largest absolute Gasteiger partial charge is 0.416 e. The Balaban J connectivity index is 1.83. The van der Waals surface area contributed by atoms with E-state index in [4.69, 9.17) is 0 Å². The zero-order chi connectivity index (χ0) is 16.6. The number of aromatic nitrogens is 1. The SMILES string of the molecule is Cc1c(CCc2ccc(C(F)(F)F)cc2)c2ccccc2n1C. The first-order chi connectivity index (χ1) is 10.9. The number of nitrogens with zero attached hydrogens (tertiary/aromatic N) is 1. The minimum absolute atomic E-state index is 0.595. The number of aryl methyl sites for hydroxylation is 3. The summed E-state index contributed by atoms with van der Waals surface area (Å²) in [6.07, 6.45) is -2.73. The lowest BCUT2D eigenvalue weighted by atomic mass is 10.0. The van der Waals surface area contributed by atoms with Gasteiger partial charge >= 0.3 is 6.18 Å². The van der Waals surface area contributed by atoms with E-state index < -0.39 is 11.7 Å². The zero-order valence-electron chi connectivity index (χ0n) is 13.1. The van der Waals surface area contributed by atoms with Gasteiger partial charge in [-0.3, -0.25) is 0 Å². The van der Waals surface area contributed by atoms with Gasteiger partial charge in [-0.15, -0.1) is 0 Å². The quantitative estimate of drug-likeness (QED) is 0.618. The minimum Gasteiger partial charge on any atom is -0.348 e. The first-order valence-electron chi connectivity index (χ1n) is 7.57. The van der Waals surface area contributed by atoms with Crippen LogP contribution in [0.5, 0.6) is 0 Å². The second kappa shape index (κ2) is 5.76. The molecule has 0 saturated carbocycles. The Morgan fingerprint density at radius 2 is 1.57 bits per heavy atom. The Morgan fingerprint density at radius 1 is 0.913 bits per heavy atom. The van der Waals surface area contributed by atoms with Crippen LogP contribution in [0.15, 0.2) is 48.5 Å². The molecular formula is C19H18F3N. The number of para-hydroxylation sites is 1. The maximum Gasteiger partial charge on any atom is 0.416 e. The van der Waals surface area contributed by atoms with Crippen LogP contribution in [0.25, 0.3) is 10.9 Å². The van der Waals surface area contributed by atoms with Crippen molar-refractivity contribution in [3.05, 3.63) is 70.9 Å². The summed E-state index contributed by atoms with van der Waals surface area (Å²) < 4.78 is 40.0. The number of benzene rings is 2. The molecule has 0 N–H and O–H groups in total. The Kier molecular flexibility index (Phi) is 3.92. The molecule has 0 spiro atoms. The summed E-state index contributed by atoms with van der Waals surface area (Å²) in [5.41, 5.74) is 3.99. The summed E-state index contributed by atoms with van der Waals surface area (Å²) in [5, 5.41) is 1.22. The Labute approximate surface area is 133 Å². The Hall–Kier alpha value is -2.23. The van der Waals surface area contributed by atoms with E-state index in [2.05, 4.69) is 23.6 Å². The van der Waals surface area contributed by atoms with Gasteiger partial charge in [0.15, 0.2) is 0 Å². The van der Waals surface area contributed by atoms with E-state index in [1.165, 1.54) is 22.2 Å². The van der Waals surface area contributed by atoms with Crippen LogP contribution in [0.1, 0.15) is 22.4 Å². The van der Waals surface area contributed by atoms with Crippen LogP contribution in [-0.4, -0.2) is 4.57 Å². The Bertz CT molecular complexity index is 826. The first-order valence-corrected chi connectivity index (χ1v) is 7.57. The van der Waals surface area contributed by atoms with Gasteiger partial charge in [-0.2, -0.15) is 13.2 Å². The predicted molar refractivity (Wildman–Crippen MR) is 86.5 cm³/mol. The average Bonchev–Trinajstić information content (AvgIpc) is 2.77. The number of hydrogen-bond donors (Lipinski definition) is 0. The third-order valence-electron chi connectivity index (χ3n) is 4.48. The molecular weight excluding hydrogens is 299 g/mol. The monoisotopic (exact) mass is 317 g/mol. The molecule has 120 valence electrons. The molecule has 0 atom stereocenters. The van der Waals surface area contributed by atoms with Gasteiger partial charge in [0, 0.05) is 23.6 Å². The van der Waals surface area contributed by atoms with E-state index in [9.17, 15) is 13.2 Å². The molecule has 0 fully saturated rings. The third kappa shape index (κ3) is 2.98. The van der Waals surface area contributed by atoms with Crippen LogP contribution >= 0.6 is 0 Å². The highest BCUT2D eigenvalue weighted by atomic mass is 19.4. The number of rotatable bonds is 3. The fourth-order valence-corrected chi connectivity index (χ4v) is 3.04. The number of hydrogen-bond acceptors (Lipinski definition) is 0. The van der Waals surface area contributed by atoms with Crippen molar-refractivity contribution in [2.24, 2.45) is 7.05 Å². The van der Waals surface area contributed by atoms with Crippen LogP contribution < -0.4 is 0 Å². The van der Waals surface area contributed by atoms with Crippen molar-refractivity contribution in [3.63, 3.8) is 0 Å². The van der Waals surface area contributed by atoms with Crippen LogP contribution in [-0.2, 0) is 26.1 Å². The average molecular weight is 317 g/mol. The molecule has 4 heteroatoms. The summed E-state index contributed by atoms with van der Waals surface area (Å²) in [7, 11) is 2.04. The van der Waals surface area contributed by atoms with Gasteiger partial charge in [-0.1, -0.05) is 30.3 Å². The van der Waals surface area contributed by atoms with Crippen molar-refractivity contribution in [3.8, 4) is 0 Å². The molecule has 23 heavy (non-hydrogen) atoms. The molecule has 1 heterocycles. The fourth-order valence-electron chi connectivity index (χ4n) is 3.04. The molecule has 0 radical (unpaired) electrons. The summed E-state index contributed by atoms with van der Waals surface area (Å²) in [4.78, 5) is 0. The number of alkyl halides is 3. The molecule has 2 aromatic carbocycles. The van der Waals surface area contributed by atoms with E-state index in [0.717, 1.165) is 30.5 Å². The third-order valence-corrected chi connectivity index (χ3v) is 4.48. The summed E-state index contributed by atoms with van der Waals surface area (Å²) in [6, 6.07) is 13.7. The first kappa shape index (κ1) is 15.7. The van der Waals surface area contributed by atoms with E-state index in [1.54, 1.807) is 12.1 Å². The molecule has 0 amide bonds. The summed E-state index contributed by atoms with van der Waals surface area (Å²) in [5.74, 6) is 0. The number of halogens is 3. The van der Waals surface area contributed by atoms with Gasteiger partial charge < -0.3 is 4.57 Å². The predicted octanol–water partition coefficient (Wildman–Crippen LogP) is 5.29. The maximum absolute atomic E-state index is 12.6. The van der Waals surface area contributed by atoms with E-state index in [1.807, 2.05) is 19.2 Å². The lowest BCUT2D eigenvalue weighted by Gasteiger charge is -2.08. The molecule has 0 bridgehead atoms. The molecule has 1 aromatic heterocycles. The molecule has 1 nitrogen and oxygen atoms in total. The summed E-state index contributed by atoms with van der Waals surface area (Å²) in [6.45, 7) is 2.09. The van der Waals surface area contributed by atoms with E-state index >= 15 is 0 Å². The van der Waals surface area contributed by atoms with Gasteiger partial charge in [0.1, 0.15) is 0 Å². The van der Waals surface area contributed by atoms with Gasteiger partial charge in [0.2, 0.25) is 0 Å². The zero-order valence-corrected chi connectivity index (χ0v) is 13.1. The van der Waals surface area contributed by atoms with Gasteiger partial charge in [-0.05, 0) is 49.1 Å². The number of fused-ring (bicyclic) bond motifs is 1. The smallest absolute Gasteiger partial charge is 0.348 e. The second-order valence-corrected chi connectivity index (χ2v) is 5.83. The van der Waals surface area contributed by atoms with Gasteiger partial charge in [-0.25, -0.2) is 0 Å². The van der Waals surface area contributed by atoms with Crippen LogP contribution in [0.3, 0.4) is 0 Å². The molecule has 0 aliphatic rings. The van der Waals surface area contributed by atoms with Crippen molar-refractivity contribution in [2.45, 2.75) is 25.9 Å². The highest BCUT2D eigenvalue weighted by Gasteiger charge is 2.29. The molecule has 0 aliphatic heterocycles. The minimum atomic E-state index is -4.27. The van der Waals surface area contributed by atoms with Crippen molar-refractivity contribution in [1.29, 1.82) is 0 Å². The normalized spacial score (nSPS) is 12.0. The lowest BCUT2D eigenvalue weighted by molar-refractivity contribution is -0.137. The highest BCUT2D eigenvalue weighted by Crippen LogP contribution is 2.30. The summed E-state index contributed by atoms with van der Waals surface area (Å²) >= 11 is 0. The van der Waals surface area contributed by atoms with Crippen LogP contribution in [0.4, 0.5) is 13.2 Å². The maximum atomic E-state index is 12.6. The fraction of sp³-hybridized carbons (Fsp3) is 0.263. The van der Waals surface area contributed by atoms with Crippen molar-refractivity contribution in [1.82, 2.24) is 4.57 Å². The lowest BCUT2D eigenvalue weighted by Crippen LogP contribution is -2.04. The Morgan fingerprint density at radius 3 is 2.22 bits per heavy atom. The standard InChI is InChI=1S/C19H18F3N/c1-13-16(17-5-3-4-6-18(17)23(13)2)12-9-14-7-10-15(11-8-14)19(20,21)22/h3-8,10-11H,9,12H2,1-2H3. The van der Waals surface area contributed by atoms with E-state index in [-0.39, 0.29) is 0 Å². The van der Waals surface area contributed by atoms with E-state index in [0.29, 0.717) is 0 Å². The van der Waals surface area contributed by atoms with Gasteiger partial charge in [0.25, 0.3) is 0 Å². The topological polar surface area (TPSA) is 4.93 Å². The second-order valence-electron chi connectivity index (χ2n) is 5.83. The van der Waals surface area contributed by atoms with Crippen molar-refractivity contribution in [2.75, 3.05) is 0 Å². The van der Waals surface area contributed by atoms with Crippen molar-refractivity contribution >= 4 is 10.9 Å². The molecule has 3 aromatic rings. The van der Waals surface area contributed by atoms with Crippen LogP contribution in [0.2, 0.25) is 0 Å². The highest BCUT2D eigenvalue weighted by molar-refractivity contribution is 5.85. The molecule has 0 aliphatic carbocycles. The van der Waals surface area contributed by atoms with Crippen LogP contribution in [0, 0.1) is 6.92 Å². The molecule has 3 rings (SSSR count). The molecule has 0 saturated heterocycles. The molecule has 0 unspecified atom stereocenters.